The summed E-state index contributed by atoms with van der Waals surface area (Å²) in [7, 11) is 1.59. The Balaban J connectivity index is 1.42. The van der Waals surface area contributed by atoms with Gasteiger partial charge in [-0.1, -0.05) is 48.2 Å². The summed E-state index contributed by atoms with van der Waals surface area (Å²) in [5.74, 6) is 0.567. The molecule has 1 fully saturated rings. The first-order chi connectivity index (χ1) is 20.0. The summed E-state index contributed by atoms with van der Waals surface area (Å²) in [6.07, 6.45) is 2.16. The van der Waals surface area contributed by atoms with Crippen LogP contribution in [0.2, 0.25) is 0 Å². The third-order valence-corrected chi connectivity index (χ3v) is 8.02. The molecule has 1 N–H and O–H groups in total. The van der Waals surface area contributed by atoms with Crippen molar-refractivity contribution < 1.29 is 28.5 Å². The molecule has 0 saturated carbocycles. The summed E-state index contributed by atoms with van der Waals surface area (Å²) in [5, 5.41) is 5.62. The minimum atomic E-state index is -0.564. The van der Waals surface area contributed by atoms with Crippen molar-refractivity contribution in [3.8, 4) is 11.5 Å². The standard InChI is InChI=1S/C31H35N3O6S/c1-4-38-30(36)28-20(2)33-31-34(23(19-41-31)16-27(35)32-17-24-11-8-14-39-24)29(28)22-12-13-25(26(15-22)37-3)40-18-21-9-6-5-7-10-21/h5-7,9-10,12-13,15,19,24,29H,4,8,11,14,16-18H2,1-3H3,(H,32,35)/t24-,29+/m0/s1. The van der Waals surface area contributed by atoms with E-state index in [2.05, 4.69) is 5.32 Å². The number of fused-ring (bicyclic) bond motifs is 1. The van der Waals surface area contributed by atoms with Crippen LogP contribution in [-0.4, -0.2) is 54.9 Å². The Bertz CT molecular complexity index is 1370. The average molecular weight is 578 g/mol. The number of hydrogen-bond donors (Lipinski definition) is 1. The van der Waals surface area contributed by atoms with Crippen LogP contribution >= 0.6 is 11.8 Å². The number of hydrogen-bond acceptors (Lipinski definition) is 9. The average Bonchev–Trinajstić information content (AvgIpc) is 3.65. The van der Waals surface area contributed by atoms with Crippen LogP contribution < -0.4 is 14.8 Å². The van der Waals surface area contributed by atoms with Gasteiger partial charge in [0, 0.05) is 18.8 Å². The summed E-state index contributed by atoms with van der Waals surface area (Å²) in [4.78, 5) is 32.9. The van der Waals surface area contributed by atoms with Crippen molar-refractivity contribution >= 4 is 28.8 Å². The van der Waals surface area contributed by atoms with Gasteiger partial charge >= 0.3 is 5.97 Å². The van der Waals surface area contributed by atoms with Crippen molar-refractivity contribution in [2.45, 2.75) is 51.9 Å². The minimum absolute atomic E-state index is 0.0573. The second-order valence-electron chi connectivity index (χ2n) is 9.91. The molecule has 1 saturated heterocycles. The number of nitrogens with one attached hydrogen (secondary N) is 1. The number of allylic oxidation sites excluding steroid dienone is 1. The van der Waals surface area contributed by atoms with Crippen LogP contribution in [0.1, 0.15) is 50.3 Å². The molecule has 2 atom stereocenters. The van der Waals surface area contributed by atoms with Gasteiger partial charge in [-0.25, -0.2) is 9.79 Å². The molecule has 3 heterocycles. The molecular weight excluding hydrogens is 542 g/mol. The van der Waals surface area contributed by atoms with E-state index >= 15 is 0 Å². The molecule has 1 amide bonds. The highest BCUT2D eigenvalue weighted by molar-refractivity contribution is 8.16. The van der Waals surface area contributed by atoms with E-state index in [1.165, 1.54) is 11.8 Å². The SMILES string of the molecule is CCOC(=O)C1=C(C)N=C2SC=C(CC(=O)NC[C@@H]3CCCO3)N2[C@@H]1c1ccc(OCc2ccccc2)c(OC)c1. The fourth-order valence-corrected chi connectivity index (χ4v) is 6.09. The number of methoxy groups -OCH3 is 1. The fraction of sp³-hybridized carbons (Fsp3) is 0.387. The number of carbonyl (C=O) groups is 2. The van der Waals surface area contributed by atoms with Crippen LogP contribution in [0.5, 0.6) is 11.5 Å². The first-order valence-electron chi connectivity index (χ1n) is 13.8. The van der Waals surface area contributed by atoms with Crippen molar-refractivity contribution in [2.24, 2.45) is 4.99 Å². The summed E-state index contributed by atoms with van der Waals surface area (Å²) in [6, 6.07) is 15.0. The molecule has 0 aromatic heterocycles. The molecule has 0 aliphatic carbocycles. The summed E-state index contributed by atoms with van der Waals surface area (Å²) >= 11 is 1.43. The summed E-state index contributed by atoms with van der Waals surface area (Å²) in [6.45, 7) is 5.43. The van der Waals surface area contributed by atoms with E-state index in [9.17, 15) is 9.59 Å². The van der Waals surface area contributed by atoms with Gasteiger partial charge in [-0.3, -0.25) is 4.79 Å². The number of ether oxygens (including phenoxy) is 4. The molecule has 10 heteroatoms. The second kappa shape index (κ2) is 13.3. The summed E-state index contributed by atoms with van der Waals surface area (Å²) in [5.41, 5.74) is 3.58. The lowest BCUT2D eigenvalue weighted by Crippen LogP contribution is -2.38. The molecule has 0 unspecified atom stereocenters. The van der Waals surface area contributed by atoms with Crippen LogP contribution in [0.4, 0.5) is 0 Å². The molecule has 3 aliphatic heterocycles. The Hall–Kier alpha value is -3.76. The zero-order valence-electron chi connectivity index (χ0n) is 23.6. The van der Waals surface area contributed by atoms with Gasteiger partial charge in [0.25, 0.3) is 0 Å². The van der Waals surface area contributed by atoms with E-state index in [1.807, 2.05) is 65.8 Å². The largest absolute Gasteiger partial charge is 0.493 e. The number of esters is 1. The predicted octanol–water partition coefficient (Wildman–Crippen LogP) is 5.10. The van der Waals surface area contributed by atoms with Crippen LogP contribution in [0, 0.1) is 0 Å². The second-order valence-corrected chi connectivity index (χ2v) is 10.8. The van der Waals surface area contributed by atoms with Gasteiger partial charge in [0.1, 0.15) is 6.61 Å². The molecule has 9 nitrogen and oxygen atoms in total. The highest BCUT2D eigenvalue weighted by Gasteiger charge is 2.41. The highest BCUT2D eigenvalue weighted by atomic mass is 32.2. The first kappa shape index (κ1) is 28.8. The van der Waals surface area contributed by atoms with Crippen molar-refractivity contribution in [3.63, 3.8) is 0 Å². The molecule has 3 aliphatic rings. The molecule has 0 spiro atoms. The van der Waals surface area contributed by atoms with E-state index in [4.69, 9.17) is 23.9 Å². The third kappa shape index (κ3) is 6.60. The molecule has 41 heavy (non-hydrogen) atoms. The zero-order valence-corrected chi connectivity index (χ0v) is 24.4. The lowest BCUT2D eigenvalue weighted by molar-refractivity contribution is -0.139. The van der Waals surface area contributed by atoms with Gasteiger partial charge in [-0.05, 0) is 55.4 Å². The highest BCUT2D eigenvalue weighted by Crippen LogP contribution is 2.46. The van der Waals surface area contributed by atoms with Gasteiger partial charge in [0.15, 0.2) is 16.7 Å². The minimum Gasteiger partial charge on any atom is -0.493 e. The van der Waals surface area contributed by atoms with Gasteiger partial charge in [0.05, 0.1) is 43.6 Å². The smallest absolute Gasteiger partial charge is 0.338 e. The van der Waals surface area contributed by atoms with Crippen molar-refractivity contribution in [3.05, 3.63) is 82.0 Å². The van der Waals surface area contributed by atoms with Gasteiger partial charge < -0.3 is 29.2 Å². The number of nitrogens with zero attached hydrogens (tertiary/aromatic N) is 2. The third-order valence-electron chi connectivity index (χ3n) is 7.13. The van der Waals surface area contributed by atoms with E-state index in [1.54, 1.807) is 14.0 Å². The Kier molecular flexibility index (Phi) is 9.31. The Morgan fingerprint density at radius 1 is 1.17 bits per heavy atom. The topological polar surface area (TPSA) is 98.7 Å². The Labute approximate surface area is 244 Å². The van der Waals surface area contributed by atoms with Crippen molar-refractivity contribution in [1.82, 2.24) is 10.2 Å². The summed E-state index contributed by atoms with van der Waals surface area (Å²) < 4.78 is 22.9. The predicted molar refractivity (Wildman–Crippen MR) is 157 cm³/mol. The molecule has 2 aromatic carbocycles. The molecular formula is C31H35N3O6S. The number of carbonyl (C=O) groups excluding carboxylic acids is 2. The molecule has 5 rings (SSSR count). The van der Waals surface area contributed by atoms with Crippen molar-refractivity contribution in [1.29, 1.82) is 0 Å². The maximum atomic E-state index is 13.3. The lowest BCUT2D eigenvalue weighted by atomic mass is 9.93. The molecule has 216 valence electrons. The number of amides is 1. The maximum absolute atomic E-state index is 13.3. The maximum Gasteiger partial charge on any atom is 0.338 e. The van der Waals surface area contributed by atoms with Gasteiger partial charge in [-0.2, -0.15) is 0 Å². The fourth-order valence-electron chi connectivity index (χ4n) is 5.12. The normalized spacial score (nSPS) is 19.8. The van der Waals surface area contributed by atoms with Gasteiger partial charge in [-0.15, -0.1) is 0 Å². The zero-order chi connectivity index (χ0) is 28.8. The Morgan fingerprint density at radius 2 is 2.00 bits per heavy atom. The van der Waals surface area contributed by atoms with Crippen LogP contribution in [0.15, 0.2) is 75.9 Å². The van der Waals surface area contributed by atoms with Crippen LogP contribution in [0.3, 0.4) is 0 Å². The van der Waals surface area contributed by atoms with E-state index in [0.717, 1.165) is 36.3 Å². The van der Waals surface area contributed by atoms with Crippen LogP contribution in [0.25, 0.3) is 0 Å². The van der Waals surface area contributed by atoms with Crippen molar-refractivity contribution in [2.75, 3.05) is 26.9 Å². The Morgan fingerprint density at radius 3 is 2.73 bits per heavy atom. The first-order valence-corrected chi connectivity index (χ1v) is 14.7. The molecule has 0 bridgehead atoms. The number of aliphatic imine (C=N–C) groups is 1. The molecule has 0 radical (unpaired) electrons. The monoisotopic (exact) mass is 577 g/mol. The number of amidine groups is 1. The quantitative estimate of drug-likeness (QED) is 0.369. The van der Waals surface area contributed by atoms with E-state index in [0.29, 0.717) is 41.1 Å². The van der Waals surface area contributed by atoms with E-state index in [-0.39, 0.29) is 25.0 Å². The molecule has 2 aromatic rings. The van der Waals surface area contributed by atoms with Crippen LogP contribution in [-0.2, 0) is 25.7 Å². The lowest BCUT2D eigenvalue weighted by Gasteiger charge is -2.36. The van der Waals surface area contributed by atoms with Gasteiger partial charge in [0.2, 0.25) is 5.91 Å². The van der Waals surface area contributed by atoms with E-state index < -0.39 is 12.0 Å². The number of benzene rings is 2. The number of rotatable bonds is 11. The number of thioether (sulfide) groups is 1.